The molecule has 2 heterocycles. The molecule has 1 aliphatic rings. The Balaban J connectivity index is 1.68. The number of nitrogens with zero attached hydrogens (tertiary/aromatic N) is 3. The quantitative estimate of drug-likeness (QED) is 0.793. The molecule has 25 heavy (non-hydrogen) atoms. The lowest BCUT2D eigenvalue weighted by molar-refractivity contribution is 0.0616. The summed E-state index contributed by atoms with van der Waals surface area (Å²) in [5.74, 6) is 1.20. The summed E-state index contributed by atoms with van der Waals surface area (Å²) in [5, 5.41) is 14.0. The first kappa shape index (κ1) is 16.0. The van der Waals surface area contributed by atoms with Crippen molar-refractivity contribution in [2.45, 2.75) is 25.0 Å². The summed E-state index contributed by atoms with van der Waals surface area (Å²) in [4.78, 5) is 6.98. The van der Waals surface area contributed by atoms with Crippen LogP contribution in [0.3, 0.4) is 0 Å². The molecule has 5 heteroatoms. The van der Waals surface area contributed by atoms with E-state index in [-0.39, 0.29) is 12.1 Å². The van der Waals surface area contributed by atoms with Gasteiger partial charge in [-0.3, -0.25) is 4.90 Å². The molecule has 4 rings (SSSR count). The smallest absolute Gasteiger partial charge is 0.248 e. The van der Waals surface area contributed by atoms with Crippen LogP contribution in [-0.4, -0.2) is 39.3 Å². The van der Waals surface area contributed by atoms with E-state index >= 15 is 0 Å². The molecular weight excluding hydrogens is 314 g/mol. The van der Waals surface area contributed by atoms with Crippen LogP contribution in [0, 0.1) is 0 Å². The lowest BCUT2D eigenvalue weighted by Crippen LogP contribution is -2.39. The molecule has 0 spiro atoms. The first-order chi connectivity index (χ1) is 12.3. The van der Waals surface area contributed by atoms with Crippen LogP contribution in [0.4, 0.5) is 0 Å². The highest BCUT2D eigenvalue weighted by Gasteiger charge is 2.30. The number of aliphatic hydroxyl groups excluding tert-OH is 1. The fourth-order valence-corrected chi connectivity index (χ4v) is 3.34. The van der Waals surface area contributed by atoms with Gasteiger partial charge in [-0.15, -0.1) is 0 Å². The minimum Gasteiger partial charge on any atom is -0.393 e. The normalized spacial score (nSPS) is 17.5. The molecular formula is C20H21N3O2. The van der Waals surface area contributed by atoms with Gasteiger partial charge >= 0.3 is 0 Å². The third-order valence-corrected chi connectivity index (χ3v) is 4.69. The van der Waals surface area contributed by atoms with Crippen LogP contribution in [-0.2, 0) is 0 Å². The largest absolute Gasteiger partial charge is 0.393 e. The van der Waals surface area contributed by atoms with Gasteiger partial charge in [-0.05, 0) is 18.4 Å². The Morgan fingerprint density at radius 2 is 1.60 bits per heavy atom. The highest BCUT2D eigenvalue weighted by Crippen LogP contribution is 2.31. The molecule has 128 valence electrons. The van der Waals surface area contributed by atoms with Crippen molar-refractivity contribution in [1.82, 2.24) is 15.0 Å². The second kappa shape index (κ2) is 7.17. The van der Waals surface area contributed by atoms with Gasteiger partial charge in [0.15, 0.2) is 0 Å². The summed E-state index contributed by atoms with van der Waals surface area (Å²) in [6.07, 6.45) is 1.32. The van der Waals surface area contributed by atoms with E-state index in [1.54, 1.807) is 0 Å². The van der Waals surface area contributed by atoms with Gasteiger partial charge < -0.3 is 9.63 Å². The van der Waals surface area contributed by atoms with Crippen LogP contribution < -0.4 is 0 Å². The van der Waals surface area contributed by atoms with Gasteiger partial charge in [-0.1, -0.05) is 65.8 Å². The molecule has 1 atom stereocenters. The number of rotatable bonds is 4. The summed E-state index contributed by atoms with van der Waals surface area (Å²) in [6, 6.07) is 20.0. The summed E-state index contributed by atoms with van der Waals surface area (Å²) >= 11 is 0. The van der Waals surface area contributed by atoms with E-state index in [9.17, 15) is 5.11 Å². The minimum atomic E-state index is -0.213. The maximum Gasteiger partial charge on any atom is 0.248 e. The van der Waals surface area contributed by atoms with E-state index in [2.05, 4.69) is 27.2 Å². The van der Waals surface area contributed by atoms with Gasteiger partial charge in [0.1, 0.15) is 6.04 Å². The number of hydrogen-bond donors (Lipinski definition) is 1. The second-order valence-corrected chi connectivity index (χ2v) is 6.40. The molecule has 1 saturated heterocycles. The maximum absolute atomic E-state index is 9.82. The van der Waals surface area contributed by atoms with Crippen LogP contribution >= 0.6 is 0 Å². The van der Waals surface area contributed by atoms with Gasteiger partial charge in [0.2, 0.25) is 11.7 Å². The van der Waals surface area contributed by atoms with Crippen molar-refractivity contribution in [2.75, 3.05) is 13.1 Å². The molecule has 1 aromatic heterocycles. The molecule has 0 saturated carbocycles. The molecule has 0 amide bonds. The average molecular weight is 335 g/mol. The Morgan fingerprint density at radius 3 is 2.28 bits per heavy atom. The highest BCUT2D eigenvalue weighted by atomic mass is 16.5. The molecule has 0 bridgehead atoms. The van der Waals surface area contributed by atoms with Crippen molar-refractivity contribution in [3.05, 3.63) is 72.1 Å². The third-order valence-electron chi connectivity index (χ3n) is 4.69. The zero-order valence-electron chi connectivity index (χ0n) is 14.0. The van der Waals surface area contributed by atoms with E-state index in [4.69, 9.17) is 4.52 Å². The van der Waals surface area contributed by atoms with Crippen LogP contribution in [0.2, 0.25) is 0 Å². The van der Waals surface area contributed by atoms with Crippen LogP contribution in [0.15, 0.2) is 65.2 Å². The lowest BCUT2D eigenvalue weighted by atomic mass is 10.0. The van der Waals surface area contributed by atoms with Gasteiger partial charge in [-0.2, -0.15) is 4.98 Å². The number of piperidine rings is 1. The topological polar surface area (TPSA) is 62.4 Å². The van der Waals surface area contributed by atoms with E-state index in [1.165, 1.54) is 0 Å². The van der Waals surface area contributed by atoms with Gasteiger partial charge in [0.05, 0.1) is 6.10 Å². The molecule has 0 aliphatic carbocycles. The number of aromatic nitrogens is 2. The Kier molecular flexibility index (Phi) is 4.59. The van der Waals surface area contributed by atoms with E-state index < -0.39 is 0 Å². The summed E-state index contributed by atoms with van der Waals surface area (Å²) in [5.41, 5.74) is 2.07. The lowest BCUT2D eigenvalue weighted by Gasteiger charge is -2.34. The summed E-state index contributed by atoms with van der Waals surface area (Å²) in [6.45, 7) is 1.62. The van der Waals surface area contributed by atoms with Crippen molar-refractivity contribution in [1.29, 1.82) is 0 Å². The fourth-order valence-electron chi connectivity index (χ4n) is 3.34. The molecule has 1 unspecified atom stereocenters. The van der Waals surface area contributed by atoms with Gasteiger partial charge in [0.25, 0.3) is 0 Å². The zero-order valence-corrected chi connectivity index (χ0v) is 14.0. The molecule has 5 nitrogen and oxygen atoms in total. The Morgan fingerprint density at radius 1 is 0.960 bits per heavy atom. The maximum atomic E-state index is 9.82. The number of likely N-dealkylation sites (tertiary alicyclic amines) is 1. The Labute approximate surface area is 146 Å². The molecule has 3 aromatic rings. The van der Waals surface area contributed by atoms with Crippen molar-refractivity contribution in [3.8, 4) is 11.4 Å². The van der Waals surface area contributed by atoms with Crippen molar-refractivity contribution in [2.24, 2.45) is 0 Å². The van der Waals surface area contributed by atoms with Crippen molar-refractivity contribution >= 4 is 0 Å². The Hall–Kier alpha value is -2.50. The van der Waals surface area contributed by atoms with Crippen LogP contribution in [0.5, 0.6) is 0 Å². The third kappa shape index (κ3) is 3.48. The first-order valence-corrected chi connectivity index (χ1v) is 8.67. The Bertz CT molecular complexity index is 796. The molecule has 1 N–H and O–H groups in total. The van der Waals surface area contributed by atoms with Gasteiger partial charge in [0, 0.05) is 18.7 Å². The second-order valence-electron chi connectivity index (χ2n) is 6.40. The standard InChI is InChI=1S/C20H21N3O2/c24-17-11-13-23(14-12-17)18(15-7-3-1-4-8-15)20-21-19(22-25-20)16-9-5-2-6-10-16/h1-10,17-18,24H,11-14H2. The van der Waals surface area contributed by atoms with Crippen molar-refractivity contribution < 1.29 is 9.63 Å². The summed E-state index contributed by atoms with van der Waals surface area (Å²) < 4.78 is 5.65. The first-order valence-electron chi connectivity index (χ1n) is 8.67. The predicted octanol–water partition coefficient (Wildman–Crippen LogP) is 3.28. The molecule has 0 radical (unpaired) electrons. The van der Waals surface area contributed by atoms with Crippen LogP contribution in [0.25, 0.3) is 11.4 Å². The van der Waals surface area contributed by atoms with E-state index in [0.717, 1.165) is 37.1 Å². The number of aliphatic hydroxyl groups is 1. The fraction of sp³-hybridized carbons (Fsp3) is 0.300. The average Bonchev–Trinajstić information content (AvgIpc) is 3.15. The predicted molar refractivity (Wildman–Crippen MR) is 94.8 cm³/mol. The molecule has 1 fully saturated rings. The van der Waals surface area contributed by atoms with E-state index in [1.807, 2.05) is 48.5 Å². The monoisotopic (exact) mass is 335 g/mol. The summed E-state index contributed by atoms with van der Waals surface area (Å²) in [7, 11) is 0. The molecule has 2 aromatic carbocycles. The zero-order chi connectivity index (χ0) is 17.1. The van der Waals surface area contributed by atoms with Crippen LogP contribution in [0.1, 0.15) is 30.3 Å². The van der Waals surface area contributed by atoms with Crippen molar-refractivity contribution in [3.63, 3.8) is 0 Å². The van der Waals surface area contributed by atoms with E-state index in [0.29, 0.717) is 11.7 Å². The SMILES string of the molecule is OC1CCN(C(c2ccccc2)c2nc(-c3ccccc3)no2)CC1. The molecule has 1 aliphatic heterocycles. The number of benzene rings is 2. The van der Waals surface area contributed by atoms with Gasteiger partial charge in [-0.25, -0.2) is 0 Å². The highest BCUT2D eigenvalue weighted by molar-refractivity contribution is 5.53. The number of hydrogen-bond acceptors (Lipinski definition) is 5. The minimum absolute atomic E-state index is 0.0846.